The Morgan fingerprint density at radius 1 is 1.36 bits per heavy atom. The summed E-state index contributed by atoms with van der Waals surface area (Å²) < 4.78 is 2.02. The van der Waals surface area contributed by atoms with E-state index in [4.69, 9.17) is 4.84 Å². The van der Waals surface area contributed by atoms with E-state index in [1.54, 1.807) is 6.21 Å². The molecule has 0 atom stereocenters. The fraction of sp³-hybridized carbons (Fsp3) is 0.182. The molecule has 0 unspecified atom stereocenters. The van der Waals surface area contributed by atoms with E-state index >= 15 is 0 Å². The largest absolute Gasteiger partial charge is 0.355 e. The Hall–Kier alpha value is -1.77. The molecule has 1 aromatic carbocycles. The number of rotatable bonds is 2. The van der Waals surface area contributed by atoms with Crippen LogP contribution in [0.25, 0.3) is 10.9 Å². The molecule has 0 aliphatic heterocycles. The molecule has 0 aliphatic rings. The maximum Gasteiger partial charge on any atom is 0.183 e. The van der Waals surface area contributed by atoms with Gasteiger partial charge in [0, 0.05) is 18.6 Å². The van der Waals surface area contributed by atoms with Crippen LogP contribution in [0.4, 0.5) is 0 Å². The topological polar surface area (TPSA) is 26.5 Å². The van der Waals surface area contributed by atoms with Gasteiger partial charge in [-0.25, -0.2) is 0 Å². The third-order valence-electron chi connectivity index (χ3n) is 2.12. The summed E-state index contributed by atoms with van der Waals surface area (Å²) in [6.07, 6.45) is 3.56. The molecule has 0 bridgehead atoms. The van der Waals surface area contributed by atoms with Crippen LogP contribution in [-0.2, 0) is 7.05 Å². The predicted molar refractivity (Wildman–Crippen MR) is 57.7 cm³/mol. The molecule has 3 heteroatoms. The van der Waals surface area contributed by atoms with Gasteiger partial charge < -0.3 is 9.40 Å². The summed E-state index contributed by atoms with van der Waals surface area (Å²) in [6.45, 7) is 1.82. The van der Waals surface area contributed by atoms with E-state index in [0.717, 1.165) is 16.7 Å². The molecule has 0 fully saturated rings. The van der Waals surface area contributed by atoms with Gasteiger partial charge >= 0.3 is 0 Å². The Kier molecular flexibility index (Phi) is 2.23. The SMILES string of the molecule is C/C=N/Oc1cn(C)c2ccccc12. The van der Waals surface area contributed by atoms with Gasteiger partial charge in [0.15, 0.2) is 5.75 Å². The van der Waals surface area contributed by atoms with Gasteiger partial charge in [-0.05, 0) is 19.1 Å². The zero-order chi connectivity index (χ0) is 9.97. The number of benzene rings is 1. The standard InChI is InChI=1S/C11H12N2O/c1-3-12-14-11-8-13(2)10-7-5-4-6-9(10)11/h3-8H,1-2H3/b12-3+. The van der Waals surface area contributed by atoms with E-state index in [1.807, 2.05) is 42.9 Å². The third kappa shape index (κ3) is 1.37. The minimum atomic E-state index is 0.793. The van der Waals surface area contributed by atoms with Crippen molar-refractivity contribution in [2.75, 3.05) is 0 Å². The molecule has 0 spiro atoms. The molecule has 0 radical (unpaired) electrons. The number of hydrogen-bond acceptors (Lipinski definition) is 2. The lowest BCUT2D eigenvalue weighted by molar-refractivity contribution is 0.347. The van der Waals surface area contributed by atoms with Crippen LogP contribution in [0.3, 0.4) is 0 Å². The molecule has 2 rings (SSSR count). The Morgan fingerprint density at radius 2 is 2.14 bits per heavy atom. The highest BCUT2D eigenvalue weighted by molar-refractivity contribution is 5.86. The quantitative estimate of drug-likeness (QED) is 0.525. The third-order valence-corrected chi connectivity index (χ3v) is 2.12. The number of nitrogens with zero attached hydrogens (tertiary/aromatic N) is 2. The van der Waals surface area contributed by atoms with Crippen molar-refractivity contribution in [1.82, 2.24) is 4.57 Å². The van der Waals surface area contributed by atoms with Crippen molar-refractivity contribution in [3.63, 3.8) is 0 Å². The minimum absolute atomic E-state index is 0.793. The molecule has 0 saturated carbocycles. The normalized spacial score (nSPS) is 11.3. The first kappa shape index (κ1) is 8.81. The van der Waals surface area contributed by atoms with Crippen LogP contribution in [0.15, 0.2) is 35.6 Å². The molecule has 0 saturated heterocycles. The molecule has 1 aromatic heterocycles. The van der Waals surface area contributed by atoms with E-state index in [0.29, 0.717) is 0 Å². The number of oxime groups is 1. The highest BCUT2D eigenvalue weighted by Gasteiger charge is 2.05. The number of hydrogen-bond donors (Lipinski definition) is 0. The van der Waals surface area contributed by atoms with Crippen molar-refractivity contribution >= 4 is 17.1 Å². The first-order valence-corrected chi connectivity index (χ1v) is 4.52. The highest BCUT2D eigenvalue weighted by Crippen LogP contribution is 2.26. The second-order valence-electron chi connectivity index (χ2n) is 3.08. The monoisotopic (exact) mass is 188 g/mol. The fourth-order valence-corrected chi connectivity index (χ4v) is 1.49. The molecule has 0 aliphatic carbocycles. The van der Waals surface area contributed by atoms with E-state index in [-0.39, 0.29) is 0 Å². The molecule has 1 heterocycles. The first-order chi connectivity index (χ1) is 6.83. The molecule has 72 valence electrons. The summed E-state index contributed by atoms with van der Waals surface area (Å²) in [7, 11) is 1.99. The number of aromatic nitrogens is 1. The summed E-state index contributed by atoms with van der Waals surface area (Å²) in [4.78, 5) is 5.24. The van der Waals surface area contributed by atoms with Gasteiger partial charge in [-0.2, -0.15) is 0 Å². The van der Waals surface area contributed by atoms with Gasteiger partial charge in [-0.15, -0.1) is 0 Å². The molecular weight excluding hydrogens is 176 g/mol. The van der Waals surface area contributed by atoms with Gasteiger partial charge in [0.2, 0.25) is 0 Å². The molecular formula is C11H12N2O. The number of para-hydroxylation sites is 1. The summed E-state index contributed by atoms with van der Waals surface area (Å²) in [5.41, 5.74) is 1.15. The smallest absolute Gasteiger partial charge is 0.183 e. The molecule has 14 heavy (non-hydrogen) atoms. The summed E-state index contributed by atoms with van der Waals surface area (Å²) in [5.74, 6) is 0.793. The van der Waals surface area contributed by atoms with Crippen molar-refractivity contribution in [2.24, 2.45) is 12.2 Å². The lowest BCUT2D eigenvalue weighted by atomic mass is 10.2. The summed E-state index contributed by atoms with van der Waals surface area (Å²) in [5, 5.41) is 4.85. The summed E-state index contributed by atoms with van der Waals surface area (Å²) >= 11 is 0. The van der Waals surface area contributed by atoms with Crippen LogP contribution in [0.2, 0.25) is 0 Å². The van der Waals surface area contributed by atoms with Crippen LogP contribution < -0.4 is 4.84 Å². The second-order valence-corrected chi connectivity index (χ2v) is 3.08. The van der Waals surface area contributed by atoms with Crippen molar-refractivity contribution in [2.45, 2.75) is 6.92 Å². The molecule has 2 aromatic rings. The Labute approximate surface area is 82.6 Å². The average Bonchev–Trinajstić information content (AvgIpc) is 2.54. The van der Waals surface area contributed by atoms with E-state index in [2.05, 4.69) is 11.2 Å². The van der Waals surface area contributed by atoms with Crippen LogP contribution in [0, 0.1) is 0 Å². The van der Waals surface area contributed by atoms with E-state index < -0.39 is 0 Å². The van der Waals surface area contributed by atoms with Crippen molar-refractivity contribution in [3.8, 4) is 5.75 Å². The van der Waals surface area contributed by atoms with E-state index in [9.17, 15) is 0 Å². The average molecular weight is 188 g/mol. The Morgan fingerprint density at radius 3 is 2.93 bits per heavy atom. The van der Waals surface area contributed by atoms with Crippen molar-refractivity contribution in [3.05, 3.63) is 30.5 Å². The maximum atomic E-state index is 5.24. The lowest BCUT2D eigenvalue weighted by Gasteiger charge is -1.93. The van der Waals surface area contributed by atoms with Gasteiger partial charge in [0.1, 0.15) is 0 Å². The maximum absolute atomic E-state index is 5.24. The van der Waals surface area contributed by atoms with Crippen LogP contribution >= 0.6 is 0 Å². The summed E-state index contributed by atoms with van der Waals surface area (Å²) in [6, 6.07) is 8.08. The Bertz CT molecular complexity index is 471. The predicted octanol–water partition coefficient (Wildman–Crippen LogP) is 2.56. The Balaban J connectivity index is 2.55. The number of aryl methyl sites for hydroxylation is 1. The van der Waals surface area contributed by atoms with Gasteiger partial charge in [-0.3, -0.25) is 0 Å². The van der Waals surface area contributed by atoms with Crippen molar-refractivity contribution < 1.29 is 4.84 Å². The first-order valence-electron chi connectivity index (χ1n) is 4.52. The fourth-order valence-electron chi connectivity index (χ4n) is 1.49. The van der Waals surface area contributed by atoms with Gasteiger partial charge in [0.05, 0.1) is 11.7 Å². The zero-order valence-electron chi connectivity index (χ0n) is 8.27. The van der Waals surface area contributed by atoms with Crippen LogP contribution in [-0.4, -0.2) is 10.8 Å². The van der Waals surface area contributed by atoms with Gasteiger partial charge in [-0.1, -0.05) is 17.3 Å². The van der Waals surface area contributed by atoms with Crippen LogP contribution in [0.5, 0.6) is 5.75 Å². The minimum Gasteiger partial charge on any atom is -0.355 e. The van der Waals surface area contributed by atoms with E-state index in [1.165, 1.54) is 0 Å². The molecule has 0 amide bonds. The lowest BCUT2D eigenvalue weighted by Crippen LogP contribution is -1.82. The van der Waals surface area contributed by atoms with Gasteiger partial charge in [0.25, 0.3) is 0 Å². The highest BCUT2D eigenvalue weighted by atomic mass is 16.6. The molecule has 3 nitrogen and oxygen atoms in total. The number of fused-ring (bicyclic) bond motifs is 1. The zero-order valence-corrected chi connectivity index (χ0v) is 8.27. The van der Waals surface area contributed by atoms with Crippen molar-refractivity contribution in [1.29, 1.82) is 0 Å². The van der Waals surface area contributed by atoms with Crippen LogP contribution in [0.1, 0.15) is 6.92 Å². The molecule has 0 N–H and O–H groups in total. The second kappa shape index (κ2) is 3.54.